The van der Waals surface area contributed by atoms with E-state index in [0.717, 1.165) is 17.8 Å². The van der Waals surface area contributed by atoms with Gasteiger partial charge in [-0.25, -0.2) is 0 Å². The van der Waals surface area contributed by atoms with Crippen LogP contribution in [0.2, 0.25) is 0 Å². The summed E-state index contributed by atoms with van der Waals surface area (Å²) in [5.74, 6) is 0.682. The van der Waals surface area contributed by atoms with Crippen LogP contribution in [-0.2, 0) is 0 Å². The number of hydrogen-bond acceptors (Lipinski definition) is 3. The van der Waals surface area contributed by atoms with Gasteiger partial charge < -0.3 is 5.73 Å². The van der Waals surface area contributed by atoms with Crippen molar-refractivity contribution in [1.29, 1.82) is 0 Å². The zero-order valence-electron chi connectivity index (χ0n) is 13.1. The molecule has 0 radical (unpaired) electrons. The Balaban J connectivity index is 2.00. The molecule has 4 heteroatoms. The van der Waals surface area contributed by atoms with Crippen LogP contribution in [0.4, 0.5) is 0 Å². The molecule has 2 atom stereocenters. The molecule has 4 nitrogen and oxygen atoms in total. The van der Waals surface area contributed by atoms with Crippen molar-refractivity contribution >= 4 is 0 Å². The van der Waals surface area contributed by atoms with Gasteiger partial charge in [-0.15, -0.1) is 0 Å². The summed E-state index contributed by atoms with van der Waals surface area (Å²) in [5, 5.41) is 8.86. The van der Waals surface area contributed by atoms with E-state index in [1.165, 1.54) is 25.7 Å². The fourth-order valence-electron chi connectivity index (χ4n) is 2.59. The Hall–Kier alpha value is -1.68. The Morgan fingerprint density at radius 3 is 2.62 bits per heavy atom. The van der Waals surface area contributed by atoms with Gasteiger partial charge in [-0.2, -0.15) is 15.0 Å². The van der Waals surface area contributed by atoms with Gasteiger partial charge in [-0.1, -0.05) is 57.7 Å². The fraction of sp³-hybridized carbons (Fsp3) is 0.529. The van der Waals surface area contributed by atoms with E-state index >= 15 is 0 Å². The molecule has 2 N–H and O–H groups in total. The minimum Gasteiger partial charge on any atom is -0.323 e. The van der Waals surface area contributed by atoms with Crippen molar-refractivity contribution in [1.82, 2.24) is 15.0 Å². The van der Waals surface area contributed by atoms with Crippen molar-refractivity contribution in [3.8, 4) is 5.69 Å². The zero-order valence-corrected chi connectivity index (χ0v) is 13.1. The highest BCUT2D eigenvalue weighted by molar-refractivity contribution is 5.28. The molecule has 1 aromatic carbocycles. The number of unbranched alkanes of at least 4 members (excludes halogenated alkanes) is 1. The van der Waals surface area contributed by atoms with Crippen LogP contribution in [-0.4, -0.2) is 15.0 Å². The average Bonchev–Trinajstić information content (AvgIpc) is 3.02. The van der Waals surface area contributed by atoms with Crippen LogP contribution >= 0.6 is 0 Å². The van der Waals surface area contributed by atoms with Crippen LogP contribution in [0.3, 0.4) is 0 Å². The van der Waals surface area contributed by atoms with E-state index in [-0.39, 0.29) is 6.04 Å². The molecule has 21 heavy (non-hydrogen) atoms. The number of aromatic nitrogens is 3. The molecule has 0 amide bonds. The second-order valence-corrected chi connectivity index (χ2v) is 5.65. The standard InChI is InChI=1S/C17H26N4/c1-3-5-9-14(4-2)12-16(18)17-13-19-21(20-17)15-10-7-6-8-11-15/h6-8,10-11,13-14,16H,3-5,9,12,18H2,1-2H3. The summed E-state index contributed by atoms with van der Waals surface area (Å²) < 4.78 is 0. The first-order valence-electron chi connectivity index (χ1n) is 7.97. The lowest BCUT2D eigenvalue weighted by molar-refractivity contribution is 0.385. The van der Waals surface area contributed by atoms with Crippen LogP contribution in [0.25, 0.3) is 5.69 Å². The van der Waals surface area contributed by atoms with E-state index in [2.05, 4.69) is 24.0 Å². The maximum atomic E-state index is 6.32. The normalized spacial score (nSPS) is 14.0. The molecule has 0 aliphatic rings. The first kappa shape index (κ1) is 15.7. The Morgan fingerprint density at radius 1 is 1.19 bits per heavy atom. The van der Waals surface area contributed by atoms with E-state index in [0.29, 0.717) is 5.92 Å². The average molecular weight is 286 g/mol. The predicted octanol–water partition coefficient (Wildman–Crippen LogP) is 3.87. The number of nitrogens with zero attached hydrogens (tertiary/aromatic N) is 3. The van der Waals surface area contributed by atoms with E-state index in [4.69, 9.17) is 5.73 Å². The van der Waals surface area contributed by atoms with Crippen molar-refractivity contribution in [2.75, 3.05) is 0 Å². The first-order chi connectivity index (χ1) is 10.2. The highest BCUT2D eigenvalue weighted by Crippen LogP contribution is 2.24. The third-order valence-electron chi connectivity index (χ3n) is 4.01. The van der Waals surface area contributed by atoms with Crippen LogP contribution < -0.4 is 5.73 Å². The lowest BCUT2D eigenvalue weighted by Crippen LogP contribution is -2.16. The second kappa shape index (κ2) is 7.93. The fourth-order valence-corrected chi connectivity index (χ4v) is 2.59. The molecule has 0 spiro atoms. The van der Waals surface area contributed by atoms with Crippen molar-refractivity contribution in [2.45, 2.75) is 52.0 Å². The molecular formula is C17H26N4. The maximum absolute atomic E-state index is 6.32. The Labute approximate surface area is 127 Å². The van der Waals surface area contributed by atoms with E-state index in [1.807, 2.05) is 30.3 Å². The largest absolute Gasteiger partial charge is 0.323 e. The summed E-state index contributed by atoms with van der Waals surface area (Å²) >= 11 is 0. The summed E-state index contributed by atoms with van der Waals surface area (Å²) in [6.07, 6.45) is 7.75. The molecule has 0 saturated heterocycles. The van der Waals surface area contributed by atoms with Crippen LogP contribution in [0.15, 0.2) is 36.5 Å². The van der Waals surface area contributed by atoms with Gasteiger partial charge in [0.2, 0.25) is 0 Å². The lowest BCUT2D eigenvalue weighted by Gasteiger charge is -2.17. The molecule has 2 rings (SSSR count). The van der Waals surface area contributed by atoms with Gasteiger partial charge in [0.15, 0.2) is 0 Å². The molecule has 0 fully saturated rings. The van der Waals surface area contributed by atoms with Gasteiger partial charge >= 0.3 is 0 Å². The van der Waals surface area contributed by atoms with Crippen molar-refractivity contribution in [3.63, 3.8) is 0 Å². The minimum absolute atomic E-state index is 0.0238. The summed E-state index contributed by atoms with van der Waals surface area (Å²) in [6.45, 7) is 4.48. The van der Waals surface area contributed by atoms with Gasteiger partial charge in [0.25, 0.3) is 0 Å². The molecule has 0 aliphatic heterocycles. The summed E-state index contributed by atoms with van der Waals surface area (Å²) in [6, 6.07) is 9.91. The Morgan fingerprint density at radius 2 is 1.95 bits per heavy atom. The third-order valence-corrected chi connectivity index (χ3v) is 4.01. The predicted molar refractivity (Wildman–Crippen MR) is 86.2 cm³/mol. The molecular weight excluding hydrogens is 260 g/mol. The van der Waals surface area contributed by atoms with Gasteiger partial charge in [0.1, 0.15) is 0 Å². The summed E-state index contributed by atoms with van der Waals surface area (Å²) in [4.78, 5) is 1.65. The number of nitrogens with two attached hydrogens (primary N) is 1. The number of hydrogen-bond donors (Lipinski definition) is 1. The molecule has 1 aromatic heterocycles. The summed E-state index contributed by atoms with van der Waals surface area (Å²) in [5.41, 5.74) is 8.17. The van der Waals surface area contributed by atoms with Crippen LogP contribution in [0.5, 0.6) is 0 Å². The number of rotatable bonds is 8. The van der Waals surface area contributed by atoms with Gasteiger partial charge in [0, 0.05) is 0 Å². The zero-order chi connectivity index (χ0) is 15.1. The van der Waals surface area contributed by atoms with Gasteiger partial charge in [0.05, 0.1) is 23.6 Å². The lowest BCUT2D eigenvalue weighted by atomic mass is 9.91. The molecule has 114 valence electrons. The second-order valence-electron chi connectivity index (χ2n) is 5.65. The number of benzene rings is 1. The molecule has 2 aromatic rings. The van der Waals surface area contributed by atoms with Crippen LogP contribution in [0.1, 0.15) is 57.7 Å². The Kier molecular flexibility index (Phi) is 5.93. The molecule has 0 bridgehead atoms. The highest BCUT2D eigenvalue weighted by Gasteiger charge is 2.16. The van der Waals surface area contributed by atoms with Crippen molar-refractivity contribution in [3.05, 3.63) is 42.2 Å². The molecule has 1 heterocycles. The highest BCUT2D eigenvalue weighted by atomic mass is 15.5. The Bertz CT molecular complexity index is 521. The van der Waals surface area contributed by atoms with E-state index in [9.17, 15) is 0 Å². The topological polar surface area (TPSA) is 56.7 Å². The van der Waals surface area contributed by atoms with E-state index < -0.39 is 0 Å². The van der Waals surface area contributed by atoms with Crippen molar-refractivity contribution < 1.29 is 0 Å². The number of para-hydroxylation sites is 1. The van der Waals surface area contributed by atoms with Gasteiger partial charge in [-0.3, -0.25) is 0 Å². The smallest absolute Gasteiger partial charge is 0.0998 e. The molecule has 0 saturated carbocycles. The quantitative estimate of drug-likeness (QED) is 0.801. The SMILES string of the molecule is CCCCC(CC)CC(N)c1cnn(-c2ccccc2)n1. The third kappa shape index (κ3) is 4.39. The molecule has 2 unspecified atom stereocenters. The maximum Gasteiger partial charge on any atom is 0.0998 e. The first-order valence-corrected chi connectivity index (χ1v) is 7.97. The monoisotopic (exact) mass is 286 g/mol. The summed E-state index contributed by atoms with van der Waals surface area (Å²) in [7, 11) is 0. The minimum atomic E-state index is -0.0238. The molecule has 0 aliphatic carbocycles. The van der Waals surface area contributed by atoms with E-state index in [1.54, 1.807) is 11.0 Å². The van der Waals surface area contributed by atoms with Crippen LogP contribution in [0, 0.1) is 5.92 Å². The van der Waals surface area contributed by atoms with Crippen molar-refractivity contribution in [2.24, 2.45) is 11.7 Å². The van der Waals surface area contributed by atoms with Gasteiger partial charge in [-0.05, 0) is 24.5 Å².